The number of rotatable bonds is 27. The highest BCUT2D eigenvalue weighted by Gasteiger charge is 2.60. The van der Waals surface area contributed by atoms with E-state index in [1.165, 1.54) is 10.8 Å². The summed E-state index contributed by atoms with van der Waals surface area (Å²) in [7, 11) is 167. The van der Waals surface area contributed by atoms with E-state index in [-0.39, 0.29) is 0 Å². The molecular formula is C44H27B50ClN2. The number of fused-ring (bicyclic) bond motifs is 6. The molecule has 0 fully saturated rings. The van der Waals surface area contributed by atoms with Gasteiger partial charge in [-0.15, -0.1) is 0 Å². The highest BCUT2D eigenvalue weighted by Crippen LogP contribution is 2.41. The van der Waals surface area contributed by atoms with Crippen LogP contribution in [0, 0.1) is 0 Å². The molecule has 0 bridgehead atoms. The fourth-order valence-corrected chi connectivity index (χ4v) is 15.6. The standard InChI is InChI=1S/C44H27ClN2.B50/c45-36-24-32(37-11-5-7-13-39(37)34-21-30-19-17-28-9-1-3-15-41(28)43(30)46-26-34)23-33(25-36)38-12-6-8-14-40(38)35-22-31-20-18-29-10-2-4-16-42(29)44(31)47-27-35;1-27(2)40(28(3)4)46(39(25)26)49(45(37(21)22)38(23)24)50(47(41(29(5)6)30(7)8)42(31(9)10)32(11)12)48(43(33(13)14)34(15)16)44(35(17)18)36(19)20/h1-27H;. The number of hydrogen-bond donors (Lipinski definition) is 0. The molecule has 0 aliphatic heterocycles. The van der Waals surface area contributed by atoms with Gasteiger partial charge >= 0.3 is 0 Å². The van der Waals surface area contributed by atoms with Crippen molar-refractivity contribution < 1.29 is 0 Å². The molecule has 0 amide bonds. The summed E-state index contributed by atoms with van der Waals surface area (Å²) in [5.41, 5.74) is 10.7. The monoisotopic (exact) mass is 1170 g/mol. The molecule has 370 valence electrons. The summed E-state index contributed by atoms with van der Waals surface area (Å²) in [5, 5.41) is 7.65. The third kappa shape index (κ3) is 18.5. The van der Waals surface area contributed by atoms with Gasteiger partial charge in [-0.25, -0.2) is 0 Å². The molecule has 9 rings (SSSR count). The molecule has 2 nitrogen and oxygen atoms in total. The lowest BCUT2D eigenvalue weighted by Gasteiger charge is -2.57. The number of pyridine rings is 2. The minimum Gasteiger partial charge on any atom is -0.255 e. The summed E-state index contributed by atoms with van der Waals surface area (Å²) in [5.74, 6) is 0. The van der Waals surface area contributed by atoms with Crippen molar-refractivity contribution in [3.63, 3.8) is 0 Å². The zero-order chi connectivity index (χ0) is 71.2. The van der Waals surface area contributed by atoms with Crippen LogP contribution in [-0.2, 0) is 0 Å². The average Bonchev–Trinajstić information content (AvgIpc) is 0.738. The maximum atomic E-state index is 6.89. The van der Waals surface area contributed by atoms with Crippen LogP contribution in [0.25, 0.3) is 87.9 Å². The van der Waals surface area contributed by atoms with Crippen LogP contribution in [0.3, 0.4) is 0 Å². The Kier molecular flexibility index (Phi) is 29.5. The van der Waals surface area contributed by atoms with Gasteiger partial charge in [0.15, 0.2) is 0 Å². The van der Waals surface area contributed by atoms with E-state index in [0.717, 1.165) is 77.1 Å². The van der Waals surface area contributed by atoms with Gasteiger partial charge in [-0.2, -0.15) is 0 Å². The molecule has 0 spiro atoms. The van der Waals surface area contributed by atoms with Crippen LogP contribution in [0.2, 0.25) is 5.02 Å². The molecule has 97 heavy (non-hydrogen) atoms. The Morgan fingerprint density at radius 3 is 0.732 bits per heavy atom. The first-order valence-electron chi connectivity index (χ1n) is 32.1. The molecular weight excluding hydrogens is 1130 g/mol. The second-order valence-electron chi connectivity index (χ2n) is 25.8. The second kappa shape index (κ2) is 35.7. The first kappa shape index (κ1) is 80.1. The van der Waals surface area contributed by atoms with Crippen LogP contribution in [0.15, 0.2) is 164 Å². The van der Waals surface area contributed by atoms with Crippen LogP contribution in [0.4, 0.5) is 0 Å². The predicted octanol–water partition coefficient (Wildman–Crippen LogP) is -6.63. The van der Waals surface area contributed by atoms with Gasteiger partial charge < -0.3 is 0 Å². The maximum Gasteiger partial charge on any atom is 0.0780 e. The van der Waals surface area contributed by atoms with Crippen molar-refractivity contribution in [3.05, 3.63) is 169 Å². The Morgan fingerprint density at radius 1 is 0.216 bits per heavy atom. The Hall–Kier alpha value is -2.58. The fraction of sp³-hybridized carbons (Fsp3) is 0. The highest BCUT2D eigenvalue weighted by molar-refractivity contribution is 8.35. The SMILES string of the molecule is Clc1cc(-c2ccccc2-c2cnc3c(ccc4ccccc43)c2)cc(-c2ccccc2-c2cnc3c(ccc4ccccc43)c2)c1.[B]B([B])B(B([B])[B])B(B([B])[B])B(B(B([B])[B])B([B])[B])B(B(B(B([B])[B])B([B])[B])B(B([B])[B])B([B])[B])B(B(B([B])[B])B([B])[B])B(B([B])[B])B([B])[B]. The molecule has 0 N–H and O–H groups in total. The quantitative estimate of drug-likeness (QED) is 0.0379. The largest absolute Gasteiger partial charge is 0.255 e. The summed E-state index contributed by atoms with van der Waals surface area (Å²) in [4.78, 5) is 9.91. The Bertz CT molecular complexity index is 3740. The lowest BCUT2D eigenvalue weighted by atomic mass is 8.24. The van der Waals surface area contributed by atoms with E-state index in [4.69, 9.17) is 223 Å². The van der Waals surface area contributed by atoms with Gasteiger partial charge in [0.1, 0.15) is 0 Å². The summed E-state index contributed by atoms with van der Waals surface area (Å²) >= 11 is 6.89. The highest BCUT2D eigenvalue weighted by atomic mass is 35.5. The molecule has 2 heterocycles. The lowest BCUT2D eigenvalue weighted by molar-refractivity contribution is 1.42. The van der Waals surface area contributed by atoms with Gasteiger partial charge in [-0.1, -0.05) is 133 Å². The fourth-order valence-electron chi connectivity index (χ4n) is 15.4. The molecule has 53 heteroatoms. The van der Waals surface area contributed by atoms with Crippen LogP contribution >= 0.6 is 11.6 Å². The van der Waals surface area contributed by atoms with E-state index >= 15 is 0 Å². The Morgan fingerprint density at radius 2 is 0.443 bits per heavy atom. The van der Waals surface area contributed by atoms with Gasteiger partial charge in [0, 0.05) is 404 Å². The second-order valence-corrected chi connectivity index (χ2v) is 26.3. The number of nitrogens with zero attached hydrogens (tertiary/aromatic N) is 2. The minimum absolute atomic E-state index is 0.688. The van der Waals surface area contributed by atoms with E-state index in [9.17, 15) is 0 Å². The van der Waals surface area contributed by atoms with E-state index in [0.29, 0.717) is 5.02 Å². The van der Waals surface area contributed by atoms with Crippen LogP contribution in [0.1, 0.15) is 0 Å². The lowest BCUT2D eigenvalue weighted by Crippen LogP contribution is -2.95. The maximum absolute atomic E-state index is 6.89. The third-order valence-corrected chi connectivity index (χ3v) is 19.6. The Labute approximate surface area is 627 Å². The zero-order valence-corrected chi connectivity index (χ0v) is 55.0. The number of hydrogen-bond acceptors (Lipinski definition) is 2. The molecule has 0 aliphatic carbocycles. The van der Waals surface area contributed by atoms with Crippen molar-refractivity contribution in [2.24, 2.45) is 0 Å². The summed E-state index contributed by atoms with van der Waals surface area (Å²) in [6.45, 7) is 0. The van der Waals surface area contributed by atoms with Crippen molar-refractivity contribution >= 4 is 409 Å². The molecule has 7 aromatic carbocycles. The van der Waals surface area contributed by atoms with Gasteiger partial charge in [0.05, 0.1) is 11.0 Å². The molecule has 9 aromatic rings. The number of benzene rings is 7. The van der Waals surface area contributed by atoms with Crippen molar-refractivity contribution in [2.75, 3.05) is 0 Å². The molecule has 2 aromatic heterocycles. The molecule has 52 radical (unpaired) electrons. The first-order valence-corrected chi connectivity index (χ1v) is 32.5. The summed E-state index contributed by atoms with van der Waals surface area (Å²) in [6.07, 6.45) is -27.0. The van der Waals surface area contributed by atoms with E-state index < -0.39 is 153 Å². The molecule has 0 aliphatic rings. The van der Waals surface area contributed by atoms with Crippen molar-refractivity contribution in [1.82, 2.24) is 9.97 Å². The summed E-state index contributed by atoms with van der Waals surface area (Å²) in [6, 6.07) is 53.3. The normalized spacial score (nSPS) is 10.6. The Balaban J connectivity index is 0.000000248. The van der Waals surface area contributed by atoms with E-state index in [1.54, 1.807) is 0 Å². The van der Waals surface area contributed by atoms with Crippen LogP contribution in [-0.4, -0.2) is 364 Å². The number of halogens is 1. The van der Waals surface area contributed by atoms with Gasteiger partial charge in [-0.05, 0) is 74.5 Å². The molecule has 0 saturated carbocycles. The zero-order valence-electron chi connectivity index (χ0n) is 54.2. The van der Waals surface area contributed by atoms with Gasteiger partial charge in [0.2, 0.25) is 0 Å². The van der Waals surface area contributed by atoms with Crippen molar-refractivity contribution in [1.29, 1.82) is 0 Å². The van der Waals surface area contributed by atoms with E-state index in [2.05, 4.69) is 152 Å². The van der Waals surface area contributed by atoms with Crippen LogP contribution in [0.5, 0.6) is 0 Å². The predicted molar refractivity (Wildman–Crippen MR) is 487 cm³/mol. The minimum atomic E-state index is -1.39. The third-order valence-electron chi connectivity index (χ3n) is 19.4. The van der Waals surface area contributed by atoms with E-state index in [1.807, 2.05) is 12.4 Å². The topological polar surface area (TPSA) is 25.8 Å². The molecule has 0 saturated heterocycles. The van der Waals surface area contributed by atoms with Crippen LogP contribution < -0.4 is 0 Å². The van der Waals surface area contributed by atoms with Gasteiger partial charge in [0.25, 0.3) is 0 Å². The number of aromatic nitrogens is 2. The molecule has 0 atom stereocenters. The summed E-state index contributed by atoms with van der Waals surface area (Å²) < 4.78 is 0. The van der Waals surface area contributed by atoms with Crippen molar-refractivity contribution in [3.8, 4) is 44.5 Å². The van der Waals surface area contributed by atoms with Gasteiger partial charge in [-0.3, -0.25) is 9.97 Å². The first-order chi connectivity index (χ1) is 45.9. The average molecular weight is 1160 g/mol. The molecule has 0 unspecified atom stereocenters. The van der Waals surface area contributed by atoms with Crippen molar-refractivity contribution in [2.45, 2.75) is 0 Å². The smallest absolute Gasteiger partial charge is 0.0780 e.